The summed E-state index contributed by atoms with van der Waals surface area (Å²) in [5.41, 5.74) is 4.65. The van der Waals surface area contributed by atoms with Crippen molar-refractivity contribution in [3.8, 4) is 0 Å². The molecule has 0 saturated carbocycles. The third-order valence-corrected chi connectivity index (χ3v) is 6.60. The van der Waals surface area contributed by atoms with E-state index in [1.165, 1.54) is 0 Å². The summed E-state index contributed by atoms with van der Waals surface area (Å²) < 4.78 is 0. The quantitative estimate of drug-likeness (QED) is 0.287. The van der Waals surface area contributed by atoms with Crippen LogP contribution >= 0.6 is 0 Å². The fourth-order valence-electron chi connectivity index (χ4n) is 4.79. The lowest BCUT2D eigenvalue weighted by Crippen LogP contribution is -2.47. The molecular formula is C31H29N3O. The fourth-order valence-corrected chi connectivity index (χ4v) is 4.79. The van der Waals surface area contributed by atoms with E-state index in [2.05, 4.69) is 83.1 Å². The van der Waals surface area contributed by atoms with Gasteiger partial charge in [-0.1, -0.05) is 91.0 Å². The molecule has 1 aromatic heterocycles. The highest BCUT2D eigenvalue weighted by molar-refractivity contribution is 5.97. The van der Waals surface area contributed by atoms with Gasteiger partial charge in [0.2, 0.25) is 0 Å². The molecular weight excluding hydrogens is 430 g/mol. The Morgan fingerprint density at radius 3 is 1.86 bits per heavy atom. The van der Waals surface area contributed by atoms with E-state index in [0.717, 1.165) is 27.6 Å². The first-order valence-electron chi connectivity index (χ1n) is 11.9. The average molecular weight is 460 g/mol. The summed E-state index contributed by atoms with van der Waals surface area (Å²) in [5.74, 6) is 0.0135. The van der Waals surface area contributed by atoms with Gasteiger partial charge in [0.15, 0.2) is 0 Å². The molecule has 0 aliphatic heterocycles. The number of nitrogens with zero attached hydrogens (tertiary/aromatic N) is 1. The van der Waals surface area contributed by atoms with Crippen LogP contribution in [0.2, 0.25) is 0 Å². The lowest BCUT2D eigenvalue weighted by Gasteiger charge is -2.37. The number of hydrogen-bond acceptors (Lipinski definition) is 2. The van der Waals surface area contributed by atoms with E-state index in [1.54, 1.807) is 4.90 Å². The van der Waals surface area contributed by atoms with Crippen molar-refractivity contribution in [3.63, 3.8) is 0 Å². The van der Waals surface area contributed by atoms with Gasteiger partial charge in [0.25, 0.3) is 5.91 Å². The molecule has 0 aliphatic carbocycles. The highest BCUT2D eigenvalue weighted by Gasteiger charge is 2.35. The molecule has 4 aromatic carbocycles. The first-order chi connectivity index (χ1) is 17.2. The number of H-pyrrole nitrogens is 1. The van der Waals surface area contributed by atoms with Gasteiger partial charge in [0.05, 0.1) is 5.54 Å². The third-order valence-electron chi connectivity index (χ3n) is 6.60. The van der Waals surface area contributed by atoms with Gasteiger partial charge in [-0.25, -0.2) is 0 Å². The number of benzene rings is 4. The van der Waals surface area contributed by atoms with Crippen molar-refractivity contribution in [2.75, 3.05) is 20.1 Å². The number of amides is 1. The minimum Gasteiger partial charge on any atom is -0.361 e. The first-order valence-corrected chi connectivity index (χ1v) is 11.9. The van der Waals surface area contributed by atoms with Crippen molar-refractivity contribution < 1.29 is 4.79 Å². The second-order valence-electron chi connectivity index (χ2n) is 8.78. The van der Waals surface area contributed by atoms with Gasteiger partial charge >= 0.3 is 0 Å². The minimum absolute atomic E-state index is 0.0135. The summed E-state index contributed by atoms with van der Waals surface area (Å²) in [5, 5.41) is 4.89. The predicted molar refractivity (Wildman–Crippen MR) is 142 cm³/mol. The zero-order valence-corrected chi connectivity index (χ0v) is 19.8. The molecule has 2 N–H and O–H groups in total. The lowest BCUT2D eigenvalue weighted by atomic mass is 9.77. The van der Waals surface area contributed by atoms with Gasteiger partial charge in [-0.05, 0) is 41.0 Å². The molecule has 35 heavy (non-hydrogen) atoms. The number of nitrogens with one attached hydrogen (secondary N) is 2. The molecule has 4 nitrogen and oxygen atoms in total. The number of fused-ring (bicyclic) bond motifs is 1. The van der Waals surface area contributed by atoms with E-state index in [0.29, 0.717) is 18.7 Å². The fraction of sp³-hybridized carbons (Fsp3) is 0.129. The molecule has 174 valence electrons. The van der Waals surface area contributed by atoms with Gasteiger partial charge in [0, 0.05) is 42.8 Å². The van der Waals surface area contributed by atoms with Crippen LogP contribution in [0.3, 0.4) is 0 Å². The Bertz CT molecular complexity index is 1300. The summed E-state index contributed by atoms with van der Waals surface area (Å²) in [7, 11) is 1.86. The predicted octanol–water partition coefficient (Wildman–Crippen LogP) is 5.82. The van der Waals surface area contributed by atoms with Gasteiger partial charge in [-0.2, -0.15) is 0 Å². The summed E-state index contributed by atoms with van der Waals surface area (Å²) in [6, 6.07) is 39.3. The van der Waals surface area contributed by atoms with Crippen LogP contribution in [0.25, 0.3) is 10.9 Å². The summed E-state index contributed by atoms with van der Waals surface area (Å²) in [4.78, 5) is 18.1. The average Bonchev–Trinajstić information content (AvgIpc) is 3.40. The number of likely N-dealkylation sites (N-methyl/N-ethyl adjacent to an activating group) is 1. The van der Waals surface area contributed by atoms with E-state index >= 15 is 0 Å². The number of carbonyl (C=O) groups excluding carboxylic acids is 1. The Hall–Kier alpha value is -4.15. The highest BCUT2D eigenvalue weighted by atomic mass is 16.2. The molecule has 0 aliphatic rings. The Labute approximate surface area is 206 Å². The van der Waals surface area contributed by atoms with Gasteiger partial charge in [-0.3, -0.25) is 10.1 Å². The largest absolute Gasteiger partial charge is 0.361 e. The number of hydrogen-bond donors (Lipinski definition) is 2. The van der Waals surface area contributed by atoms with Crippen molar-refractivity contribution in [3.05, 3.63) is 144 Å². The number of aromatic nitrogens is 1. The Balaban J connectivity index is 1.43. The van der Waals surface area contributed by atoms with Crippen molar-refractivity contribution in [2.45, 2.75) is 5.54 Å². The van der Waals surface area contributed by atoms with Crippen LogP contribution in [-0.4, -0.2) is 35.9 Å². The van der Waals surface area contributed by atoms with Gasteiger partial charge in [-0.15, -0.1) is 0 Å². The Morgan fingerprint density at radius 1 is 0.771 bits per heavy atom. The SMILES string of the molecule is CN(CCNC(c1ccccc1)(c1ccccc1)c1ccccc1)C(=O)c1ccc2[nH]ccc2c1. The van der Waals surface area contributed by atoms with Crippen molar-refractivity contribution in [1.29, 1.82) is 0 Å². The molecule has 5 aromatic rings. The molecule has 0 fully saturated rings. The lowest BCUT2D eigenvalue weighted by molar-refractivity contribution is 0.0794. The molecule has 5 rings (SSSR count). The normalized spacial score (nSPS) is 11.5. The summed E-state index contributed by atoms with van der Waals surface area (Å²) in [6.07, 6.45) is 1.89. The zero-order chi connectivity index (χ0) is 24.1. The number of carbonyl (C=O) groups is 1. The second kappa shape index (κ2) is 10.00. The molecule has 0 saturated heterocycles. The third kappa shape index (κ3) is 4.48. The number of rotatable bonds is 8. The molecule has 0 unspecified atom stereocenters. The Kier molecular flexibility index (Phi) is 6.47. The molecule has 0 bridgehead atoms. The molecule has 0 spiro atoms. The van der Waals surface area contributed by atoms with E-state index in [1.807, 2.05) is 55.7 Å². The smallest absolute Gasteiger partial charge is 0.253 e. The maximum atomic E-state index is 13.2. The van der Waals surface area contributed by atoms with Crippen LogP contribution in [0.1, 0.15) is 27.0 Å². The van der Waals surface area contributed by atoms with Gasteiger partial charge in [0.1, 0.15) is 0 Å². The summed E-state index contributed by atoms with van der Waals surface area (Å²) in [6.45, 7) is 1.19. The van der Waals surface area contributed by atoms with Crippen LogP contribution in [0.5, 0.6) is 0 Å². The van der Waals surface area contributed by atoms with Gasteiger partial charge < -0.3 is 9.88 Å². The summed E-state index contributed by atoms with van der Waals surface area (Å²) >= 11 is 0. The highest BCUT2D eigenvalue weighted by Crippen LogP contribution is 2.36. The van der Waals surface area contributed by atoms with Crippen molar-refractivity contribution in [2.24, 2.45) is 0 Å². The van der Waals surface area contributed by atoms with E-state index in [-0.39, 0.29) is 5.91 Å². The van der Waals surface area contributed by atoms with Crippen LogP contribution in [0.4, 0.5) is 0 Å². The van der Waals surface area contributed by atoms with Crippen molar-refractivity contribution in [1.82, 2.24) is 15.2 Å². The van der Waals surface area contributed by atoms with E-state index in [9.17, 15) is 4.79 Å². The standard InChI is InChI=1S/C31H29N3O/c1-34(30(35)25-17-18-29-24(23-25)19-20-32-29)22-21-33-31(26-11-5-2-6-12-26,27-13-7-3-8-14-27)28-15-9-4-10-16-28/h2-20,23,32-33H,21-22H2,1H3. The maximum Gasteiger partial charge on any atom is 0.253 e. The molecule has 0 atom stereocenters. The molecule has 1 heterocycles. The first kappa shape index (κ1) is 22.6. The molecule has 4 heteroatoms. The molecule has 0 radical (unpaired) electrons. The monoisotopic (exact) mass is 459 g/mol. The van der Waals surface area contributed by atoms with Crippen LogP contribution < -0.4 is 5.32 Å². The minimum atomic E-state index is -0.544. The second-order valence-corrected chi connectivity index (χ2v) is 8.78. The molecule has 1 amide bonds. The Morgan fingerprint density at radius 2 is 1.31 bits per heavy atom. The zero-order valence-electron chi connectivity index (χ0n) is 19.8. The number of aromatic amines is 1. The van der Waals surface area contributed by atoms with E-state index in [4.69, 9.17) is 0 Å². The topological polar surface area (TPSA) is 48.1 Å². The maximum absolute atomic E-state index is 13.2. The van der Waals surface area contributed by atoms with Crippen molar-refractivity contribution >= 4 is 16.8 Å². The van der Waals surface area contributed by atoms with Crippen LogP contribution in [0, 0.1) is 0 Å². The van der Waals surface area contributed by atoms with Crippen LogP contribution in [0.15, 0.2) is 121 Å². The van der Waals surface area contributed by atoms with Crippen LogP contribution in [-0.2, 0) is 5.54 Å². The van der Waals surface area contributed by atoms with E-state index < -0.39 is 5.54 Å².